The molecule has 2 radical (unpaired) electrons. The molecule has 0 amide bonds. The van der Waals surface area contributed by atoms with Crippen LogP contribution < -0.4 is 5.73 Å². The van der Waals surface area contributed by atoms with E-state index in [2.05, 4.69) is 6.92 Å². The number of hydrogen-bond acceptors (Lipinski definition) is 1. The Balaban J connectivity index is 3.28. The molecule has 0 bridgehead atoms. The monoisotopic (exact) mass is 139 g/mol. The van der Waals surface area contributed by atoms with E-state index in [0.717, 1.165) is 19.3 Å². The summed E-state index contributed by atoms with van der Waals surface area (Å²) in [6.07, 6.45) is 5.47. The van der Waals surface area contributed by atoms with Gasteiger partial charge in [-0.05, 0) is 18.3 Å². The van der Waals surface area contributed by atoms with Gasteiger partial charge in [0.2, 0.25) is 0 Å². The van der Waals surface area contributed by atoms with E-state index >= 15 is 0 Å². The van der Waals surface area contributed by atoms with Crippen LogP contribution in [0.2, 0.25) is 0 Å². The van der Waals surface area contributed by atoms with Crippen molar-refractivity contribution >= 4 is 7.85 Å². The lowest BCUT2D eigenvalue weighted by atomic mass is 9.73. The minimum atomic E-state index is -0.408. The quantitative estimate of drug-likeness (QED) is 0.456. The molecule has 0 saturated carbocycles. The van der Waals surface area contributed by atoms with Crippen molar-refractivity contribution in [2.75, 3.05) is 0 Å². The van der Waals surface area contributed by atoms with Gasteiger partial charge in [0.1, 0.15) is 0 Å². The highest BCUT2D eigenvalue weighted by atomic mass is 14.7. The van der Waals surface area contributed by atoms with Gasteiger partial charge in [0.15, 0.2) is 0 Å². The molecule has 2 heteroatoms. The summed E-state index contributed by atoms with van der Waals surface area (Å²) in [7, 11) is 5.73. The van der Waals surface area contributed by atoms with Crippen molar-refractivity contribution in [3.05, 3.63) is 0 Å². The lowest BCUT2D eigenvalue weighted by molar-refractivity contribution is 0.495. The number of hydrogen-bond donors (Lipinski definition) is 1. The van der Waals surface area contributed by atoms with Crippen LogP contribution in [0.15, 0.2) is 0 Å². The maximum Gasteiger partial charge on any atom is 0.0950 e. The zero-order valence-electron chi connectivity index (χ0n) is 7.19. The minimum Gasteiger partial charge on any atom is -0.333 e. The molecule has 1 unspecified atom stereocenters. The van der Waals surface area contributed by atoms with Crippen molar-refractivity contribution < 1.29 is 0 Å². The van der Waals surface area contributed by atoms with Crippen LogP contribution in [0.4, 0.5) is 0 Å². The molecule has 2 N–H and O–H groups in total. The van der Waals surface area contributed by atoms with Crippen LogP contribution in [0, 0.1) is 0 Å². The summed E-state index contributed by atoms with van der Waals surface area (Å²) in [5.41, 5.74) is 5.33. The van der Waals surface area contributed by atoms with Gasteiger partial charge in [-0.2, -0.15) is 0 Å². The second-order valence-corrected chi connectivity index (χ2v) is 3.04. The fourth-order valence-corrected chi connectivity index (χ4v) is 0.881. The standard InChI is InChI=1S/C8H18BN/c1-3-5-6-7-8(9,10)4-2/h3-7,10H2,1-2H3. The molecular formula is C8H18BN. The molecular weight excluding hydrogens is 121 g/mol. The smallest absolute Gasteiger partial charge is 0.0950 e. The predicted molar refractivity (Wildman–Crippen MR) is 47.1 cm³/mol. The predicted octanol–water partition coefficient (Wildman–Crippen LogP) is 1.80. The van der Waals surface area contributed by atoms with Crippen molar-refractivity contribution in [1.82, 2.24) is 0 Å². The Morgan fingerprint density at radius 3 is 2.30 bits per heavy atom. The van der Waals surface area contributed by atoms with Gasteiger partial charge in [-0.25, -0.2) is 0 Å². The van der Waals surface area contributed by atoms with E-state index in [-0.39, 0.29) is 0 Å². The highest BCUT2D eigenvalue weighted by Crippen LogP contribution is 2.11. The van der Waals surface area contributed by atoms with Gasteiger partial charge in [-0.15, -0.1) is 0 Å². The average molecular weight is 139 g/mol. The fourth-order valence-electron chi connectivity index (χ4n) is 0.881. The van der Waals surface area contributed by atoms with Crippen LogP contribution in [0.3, 0.4) is 0 Å². The van der Waals surface area contributed by atoms with E-state index in [1.165, 1.54) is 12.8 Å². The molecule has 0 saturated heterocycles. The topological polar surface area (TPSA) is 26.0 Å². The van der Waals surface area contributed by atoms with Crippen LogP contribution in [-0.2, 0) is 0 Å². The van der Waals surface area contributed by atoms with Gasteiger partial charge in [0.25, 0.3) is 0 Å². The zero-order valence-corrected chi connectivity index (χ0v) is 7.19. The van der Waals surface area contributed by atoms with Gasteiger partial charge in [-0.3, -0.25) is 0 Å². The van der Waals surface area contributed by atoms with Gasteiger partial charge < -0.3 is 5.73 Å². The molecule has 58 valence electrons. The molecule has 0 fully saturated rings. The van der Waals surface area contributed by atoms with Crippen LogP contribution >= 0.6 is 0 Å². The van der Waals surface area contributed by atoms with E-state index in [4.69, 9.17) is 13.6 Å². The molecule has 0 rings (SSSR count). The molecule has 0 spiro atoms. The molecule has 1 nitrogen and oxygen atoms in total. The molecule has 1 atom stereocenters. The van der Waals surface area contributed by atoms with Crippen LogP contribution in [0.5, 0.6) is 0 Å². The van der Waals surface area contributed by atoms with Gasteiger partial charge in [0.05, 0.1) is 7.85 Å². The lowest BCUT2D eigenvalue weighted by Crippen LogP contribution is -2.39. The van der Waals surface area contributed by atoms with Crippen LogP contribution in [0.1, 0.15) is 46.0 Å². The first kappa shape index (κ1) is 10.0. The van der Waals surface area contributed by atoms with Crippen LogP contribution in [-0.4, -0.2) is 13.3 Å². The van der Waals surface area contributed by atoms with E-state index in [1.54, 1.807) is 0 Å². The summed E-state index contributed by atoms with van der Waals surface area (Å²) in [6.45, 7) is 4.21. The molecule has 10 heavy (non-hydrogen) atoms. The number of rotatable bonds is 5. The number of nitrogens with two attached hydrogens (primary N) is 1. The van der Waals surface area contributed by atoms with E-state index in [1.807, 2.05) is 6.92 Å². The van der Waals surface area contributed by atoms with Crippen LogP contribution in [0.25, 0.3) is 0 Å². The summed E-state index contributed by atoms with van der Waals surface area (Å²) in [6, 6.07) is 0. The Morgan fingerprint density at radius 2 is 1.90 bits per heavy atom. The van der Waals surface area contributed by atoms with Gasteiger partial charge in [-0.1, -0.05) is 33.1 Å². The first-order valence-corrected chi connectivity index (χ1v) is 4.20. The third-order valence-electron chi connectivity index (χ3n) is 1.90. The van der Waals surface area contributed by atoms with Crippen molar-refractivity contribution in [2.45, 2.75) is 51.4 Å². The summed E-state index contributed by atoms with van der Waals surface area (Å²) < 4.78 is 0. The Labute approximate surface area is 65.8 Å². The van der Waals surface area contributed by atoms with E-state index in [9.17, 15) is 0 Å². The SMILES string of the molecule is [B]C(N)(CC)CCCCC. The minimum absolute atomic E-state index is 0.408. The first-order chi connectivity index (χ1) is 4.62. The fraction of sp³-hybridized carbons (Fsp3) is 1.00. The Bertz CT molecular complexity index is 81.3. The summed E-state index contributed by atoms with van der Waals surface area (Å²) in [4.78, 5) is 0. The Morgan fingerprint density at radius 1 is 1.30 bits per heavy atom. The maximum atomic E-state index is 5.73. The lowest BCUT2D eigenvalue weighted by Gasteiger charge is -2.22. The van der Waals surface area contributed by atoms with Gasteiger partial charge in [0, 0.05) is 0 Å². The summed E-state index contributed by atoms with van der Waals surface area (Å²) >= 11 is 0. The average Bonchev–Trinajstić information content (AvgIpc) is 1.89. The van der Waals surface area contributed by atoms with Crippen molar-refractivity contribution in [3.8, 4) is 0 Å². The summed E-state index contributed by atoms with van der Waals surface area (Å²) in [5, 5.41) is 0. The highest BCUT2D eigenvalue weighted by molar-refractivity contribution is 6.15. The normalized spacial score (nSPS) is 16.7. The summed E-state index contributed by atoms with van der Waals surface area (Å²) in [5.74, 6) is 0. The number of unbranched alkanes of at least 4 members (excludes halogenated alkanes) is 2. The second-order valence-electron chi connectivity index (χ2n) is 3.04. The third kappa shape index (κ3) is 4.86. The molecule has 0 aromatic rings. The Hall–Kier alpha value is 0.0249. The zero-order chi connectivity index (χ0) is 8.04. The Kier molecular flexibility index (Phi) is 4.79. The van der Waals surface area contributed by atoms with Gasteiger partial charge >= 0.3 is 0 Å². The second kappa shape index (κ2) is 4.78. The highest BCUT2D eigenvalue weighted by Gasteiger charge is 2.13. The molecule has 0 aromatic carbocycles. The molecule has 0 heterocycles. The maximum absolute atomic E-state index is 5.73. The molecule has 0 aliphatic rings. The van der Waals surface area contributed by atoms with E-state index < -0.39 is 5.44 Å². The molecule has 0 aliphatic heterocycles. The van der Waals surface area contributed by atoms with Crippen molar-refractivity contribution in [3.63, 3.8) is 0 Å². The van der Waals surface area contributed by atoms with E-state index in [0.29, 0.717) is 0 Å². The van der Waals surface area contributed by atoms with Crippen molar-refractivity contribution in [1.29, 1.82) is 0 Å². The first-order valence-electron chi connectivity index (χ1n) is 4.20. The van der Waals surface area contributed by atoms with Crippen molar-refractivity contribution in [2.24, 2.45) is 5.73 Å². The molecule has 0 aromatic heterocycles. The largest absolute Gasteiger partial charge is 0.333 e. The molecule has 0 aliphatic carbocycles. The third-order valence-corrected chi connectivity index (χ3v) is 1.90.